The fourth-order valence-electron chi connectivity index (χ4n) is 3.77. The van der Waals surface area contributed by atoms with Crippen LogP contribution in [0.15, 0.2) is 41.4 Å². The van der Waals surface area contributed by atoms with Crippen molar-refractivity contribution in [2.45, 2.75) is 44.6 Å². The van der Waals surface area contributed by atoms with Crippen LogP contribution in [0.25, 0.3) is 5.57 Å². The van der Waals surface area contributed by atoms with E-state index in [0.717, 1.165) is 38.3 Å². The van der Waals surface area contributed by atoms with Crippen molar-refractivity contribution in [3.63, 3.8) is 0 Å². The van der Waals surface area contributed by atoms with Crippen LogP contribution in [0.4, 0.5) is 0 Å². The zero-order valence-corrected chi connectivity index (χ0v) is 18.4. The van der Waals surface area contributed by atoms with Crippen LogP contribution >= 0.6 is 24.0 Å². The molecule has 0 aromatic heterocycles. The molecule has 1 saturated carbocycles. The number of nitrogens with zero attached hydrogens (tertiary/aromatic N) is 2. The Kier molecular flexibility index (Phi) is 9.10. The first-order valence-corrected chi connectivity index (χ1v) is 9.75. The maximum Gasteiger partial charge on any atom is 0.221 e. The topological polar surface area (TPSA) is 56.7 Å². The van der Waals surface area contributed by atoms with Crippen molar-refractivity contribution < 1.29 is 4.79 Å². The standard InChI is InChI=1S/C21H30N4O.HI/c1-22-21(23-14-11-20(26)24-19-9-5-6-10-19)25-15-12-18(13-16-25)17-7-3-2-4-8-17;/h2-4,7-8,12,19H,5-6,9-11,13-16H2,1H3,(H,22,23)(H,24,26);1H. The minimum atomic E-state index is 0. The van der Waals surface area contributed by atoms with Crippen molar-refractivity contribution in [1.29, 1.82) is 0 Å². The average molecular weight is 482 g/mol. The summed E-state index contributed by atoms with van der Waals surface area (Å²) in [4.78, 5) is 18.6. The van der Waals surface area contributed by atoms with Crippen LogP contribution in [0.1, 0.15) is 44.1 Å². The summed E-state index contributed by atoms with van der Waals surface area (Å²) < 4.78 is 0. The lowest BCUT2D eigenvalue weighted by Crippen LogP contribution is -2.44. The van der Waals surface area contributed by atoms with E-state index in [0.29, 0.717) is 19.0 Å². The summed E-state index contributed by atoms with van der Waals surface area (Å²) in [6, 6.07) is 10.9. The molecule has 1 aliphatic heterocycles. The highest BCUT2D eigenvalue weighted by Gasteiger charge is 2.18. The van der Waals surface area contributed by atoms with Gasteiger partial charge in [-0.1, -0.05) is 49.2 Å². The summed E-state index contributed by atoms with van der Waals surface area (Å²) in [7, 11) is 1.80. The monoisotopic (exact) mass is 482 g/mol. The average Bonchev–Trinajstić information content (AvgIpc) is 3.19. The van der Waals surface area contributed by atoms with Gasteiger partial charge in [0.1, 0.15) is 0 Å². The molecular formula is C21H31IN4O. The van der Waals surface area contributed by atoms with Crippen LogP contribution in [0.3, 0.4) is 0 Å². The number of carbonyl (C=O) groups is 1. The Bertz CT molecular complexity index is 653. The number of carbonyl (C=O) groups excluding carboxylic acids is 1. The third kappa shape index (κ3) is 6.52. The van der Waals surface area contributed by atoms with E-state index in [-0.39, 0.29) is 29.9 Å². The summed E-state index contributed by atoms with van der Waals surface area (Å²) >= 11 is 0. The zero-order valence-electron chi connectivity index (χ0n) is 16.1. The Labute approximate surface area is 179 Å². The van der Waals surface area contributed by atoms with Crippen LogP contribution in [-0.2, 0) is 4.79 Å². The number of benzene rings is 1. The van der Waals surface area contributed by atoms with Gasteiger partial charge in [0.05, 0.1) is 0 Å². The van der Waals surface area contributed by atoms with Gasteiger partial charge in [0.15, 0.2) is 5.96 Å². The number of hydrogen-bond acceptors (Lipinski definition) is 2. The molecule has 0 unspecified atom stereocenters. The molecule has 1 aromatic carbocycles. The first-order chi connectivity index (χ1) is 12.8. The number of amides is 1. The highest BCUT2D eigenvalue weighted by atomic mass is 127. The van der Waals surface area contributed by atoms with Gasteiger partial charge >= 0.3 is 0 Å². The third-order valence-electron chi connectivity index (χ3n) is 5.22. The van der Waals surface area contributed by atoms with Gasteiger partial charge in [0.25, 0.3) is 0 Å². The molecule has 27 heavy (non-hydrogen) atoms. The largest absolute Gasteiger partial charge is 0.356 e. The number of aliphatic imine (C=N–C) groups is 1. The third-order valence-corrected chi connectivity index (χ3v) is 5.22. The maximum atomic E-state index is 12.0. The zero-order chi connectivity index (χ0) is 18.2. The lowest BCUT2D eigenvalue weighted by molar-refractivity contribution is -0.121. The molecular weight excluding hydrogens is 451 g/mol. The van der Waals surface area contributed by atoms with E-state index >= 15 is 0 Å². The van der Waals surface area contributed by atoms with Gasteiger partial charge in [0, 0.05) is 39.1 Å². The summed E-state index contributed by atoms with van der Waals surface area (Å²) in [6.45, 7) is 2.41. The fourth-order valence-corrected chi connectivity index (χ4v) is 3.77. The van der Waals surface area contributed by atoms with E-state index in [1.54, 1.807) is 7.05 Å². The molecule has 0 atom stereocenters. The van der Waals surface area contributed by atoms with Gasteiger partial charge in [-0.3, -0.25) is 9.79 Å². The molecule has 2 N–H and O–H groups in total. The Hall–Kier alpha value is -1.57. The molecule has 3 rings (SSSR count). The van der Waals surface area contributed by atoms with Crippen LogP contribution in [0, 0.1) is 0 Å². The fraction of sp³-hybridized carbons (Fsp3) is 0.524. The summed E-state index contributed by atoms with van der Waals surface area (Å²) in [6.07, 6.45) is 8.52. The van der Waals surface area contributed by atoms with Gasteiger partial charge in [-0.25, -0.2) is 0 Å². The van der Waals surface area contributed by atoms with E-state index in [9.17, 15) is 4.79 Å². The smallest absolute Gasteiger partial charge is 0.221 e. The van der Waals surface area contributed by atoms with Gasteiger partial charge < -0.3 is 15.5 Å². The first-order valence-electron chi connectivity index (χ1n) is 9.75. The summed E-state index contributed by atoms with van der Waals surface area (Å²) in [5, 5.41) is 6.47. The lowest BCUT2D eigenvalue weighted by Gasteiger charge is -2.29. The van der Waals surface area contributed by atoms with Crippen molar-refractivity contribution in [2.75, 3.05) is 26.7 Å². The summed E-state index contributed by atoms with van der Waals surface area (Å²) in [5.74, 6) is 1.02. The molecule has 0 bridgehead atoms. The minimum Gasteiger partial charge on any atom is -0.356 e. The van der Waals surface area contributed by atoms with Crippen molar-refractivity contribution in [3.8, 4) is 0 Å². The van der Waals surface area contributed by atoms with Crippen molar-refractivity contribution >= 4 is 41.4 Å². The molecule has 1 aromatic rings. The Morgan fingerprint density at radius 3 is 2.59 bits per heavy atom. The van der Waals surface area contributed by atoms with Gasteiger partial charge in [-0.2, -0.15) is 0 Å². The molecule has 1 amide bonds. The normalized spacial score (nSPS) is 17.9. The number of guanidine groups is 1. The van der Waals surface area contributed by atoms with E-state index in [1.165, 1.54) is 24.0 Å². The molecule has 0 saturated heterocycles. The second kappa shape index (κ2) is 11.3. The van der Waals surface area contributed by atoms with Gasteiger partial charge in [-0.15, -0.1) is 24.0 Å². The highest BCUT2D eigenvalue weighted by molar-refractivity contribution is 14.0. The Morgan fingerprint density at radius 2 is 1.96 bits per heavy atom. The molecule has 0 radical (unpaired) electrons. The molecule has 1 aliphatic carbocycles. The minimum absolute atomic E-state index is 0. The van der Waals surface area contributed by atoms with E-state index in [1.807, 2.05) is 6.07 Å². The Balaban J connectivity index is 0.00000261. The van der Waals surface area contributed by atoms with E-state index in [2.05, 4.69) is 50.9 Å². The second-order valence-corrected chi connectivity index (χ2v) is 7.06. The van der Waals surface area contributed by atoms with Crippen LogP contribution in [0.2, 0.25) is 0 Å². The molecule has 2 aliphatic rings. The maximum absolute atomic E-state index is 12.0. The second-order valence-electron chi connectivity index (χ2n) is 7.06. The summed E-state index contributed by atoms with van der Waals surface area (Å²) in [5.41, 5.74) is 2.70. The van der Waals surface area contributed by atoms with Crippen LogP contribution in [0.5, 0.6) is 0 Å². The van der Waals surface area contributed by atoms with Crippen molar-refractivity contribution in [2.24, 2.45) is 4.99 Å². The number of hydrogen-bond donors (Lipinski definition) is 2. The predicted molar refractivity (Wildman–Crippen MR) is 122 cm³/mol. The van der Waals surface area contributed by atoms with Gasteiger partial charge in [-0.05, 0) is 30.4 Å². The first kappa shape index (κ1) is 21.7. The molecule has 148 valence electrons. The Morgan fingerprint density at radius 1 is 1.22 bits per heavy atom. The molecule has 0 spiro atoms. The van der Waals surface area contributed by atoms with E-state index < -0.39 is 0 Å². The highest BCUT2D eigenvalue weighted by Crippen LogP contribution is 2.22. The van der Waals surface area contributed by atoms with Crippen molar-refractivity contribution in [1.82, 2.24) is 15.5 Å². The van der Waals surface area contributed by atoms with Crippen LogP contribution < -0.4 is 10.6 Å². The molecule has 5 nitrogen and oxygen atoms in total. The molecule has 1 fully saturated rings. The SMILES string of the molecule is CN=C(NCCC(=O)NC1CCCC1)N1CC=C(c2ccccc2)CC1.I. The van der Waals surface area contributed by atoms with E-state index in [4.69, 9.17) is 0 Å². The quantitative estimate of drug-likeness (QED) is 0.384. The molecule has 6 heteroatoms. The number of rotatable bonds is 5. The molecule has 1 heterocycles. The van der Waals surface area contributed by atoms with Gasteiger partial charge in [0.2, 0.25) is 5.91 Å². The lowest BCUT2D eigenvalue weighted by atomic mass is 10.00. The number of nitrogens with one attached hydrogen (secondary N) is 2. The van der Waals surface area contributed by atoms with Crippen LogP contribution in [-0.4, -0.2) is 49.5 Å². The predicted octanol–water partition coefficient (Wildman–Crippen LogP) is 3.42. The number of halogens is 1. The van der Waals surface area contributed by atoms with Crippen molar-refractivity contribution in [3.05, 3.63) is 42.0 Å².